The quantitative estimate of drug-likeness (QED) is 0.791. The number of ether oxygens (including phenoxy) is 1. The molecule has 20 heavy (non-hydrogen) atoms. The van der Waals surface area contributed by atoms with Crippen LogP contribution in [-0.2, 0) is 16.1 Å². The van der Waals surface area contributed by atoms with E-state index in [0.29, 0.717) is 5.56 Å². The van der Waals surface area contributed by atoms with Crippen molar-refractivity contribution in [2.45, 2.75) is 26.3 Å². The number of carbonyl (C=O) groups excluding carboxylic acids is 2. The number of rotatable bonds is 4. The molecule has 0 spiro atoms. The molecular weight excluding hydrogens is 254 g/mol. The van der Waals surface area contributed by atoms with Gasteiger partial charge in [-0.1, -0.05) is 12.1 Å². The Morgan fingerprint density at radius 1 is 1.30 bits per heavy atom. The van der Waals surface area contributed by atoms with Crippen molar-refractivity contribution in [3.63, 3.8) is 0 Å². The largest absolute Gasteiger partial charge is 0.465 e. The average molecular weight is 275 g/mol. The molecule has 108 valence electrons. The minimum Gasteiger partial charge on any atom is -0.465 e. The lowest BCUT2D eigenvalue weighted by atomic mass is 9.94. The van der Waals surface area contributed by atoms with E-state index in [-0.39, 0.29) is 17.7 Å². The first-order chi connectivity index (χ1) is 9.60. The second-order valence-electron chi connectivity index (χ2n) is 5.37. The molecule has 1 aliphatic rings. The molecule has 0 radical (unpaired) electrons. The van der Waals surface area contributed by atoms with Crippen LogP contribution in [0.1, 0.15) is 35.7 Å². The number of piperidine rings is 1. The van der Waals surface area contributed by atoms with Gasteiger partial charge in [0.1, 0.15) is 5.78 Å². The first-order valence-corrected chi connectivity index (χ1v) is 7.00. The lowest BCUT2D eigenvalue weighted by Gasteiger charge is -2.31. The summed E-state index contributed by atoms with van der Waals surface area (Å²) >= 11 is 0. The van der Waals surface area contributed by atoms with Gasteiger partial charge in [-0.15, -0.1) is 0 Å². The number of benzene rings is 1. The summed E-state index contributed by atoms with van der Waals surface area (Å²) in [6.07, 6.45) is 2.08. The summed E-state index contributed by atoms with van der Waals surface area (Å²) in [5, 5.41) is 0. The Labute approximate surface area is 119 Å². The molecule has 2 rings (SSSR count). The van der Waals surface area contributed by atoms with Crippen molar-refractivity contribution in [1.82, 2.24) is 4.90 Å². The third-order valence-electron chi connectivity index (χ3n) is 3.86. The number of hydrogen-bond donors (Lipinski definition) is 0. The van der Waals surface area contributed by atoms with Crippen LogP contribution in [0.15, 0.2) is 24.3 Å². The fraction of sp³-hybridized carbons (Fsp3) is 0.500. The minimum atomic E-state index is -0.314. The van der Waals surface area contributed by atoms with Crippen LogP contribution >= 0.6 is 0 Å². The van der Waals surface area contributed by atoms with Gasteiger partial charge < -0.3 is 4.74 Å². The maximum atomic E-state index is 11.5. The van der Waals surface area contributed by atoms with Crippen LogP contribution in [0.5, 0.6) is 0 Å². The van der Waals surface area contributed by atoms with Gasteiger partial charge >= 0.3 is 5.97 Å². The molecule has 1 saturated heterocycles. The fourth-order valence-corrected chi connectivity index (χ4v) is 2.65. The van der Waals surface area contributed by atoms with Crippen molar-refractivity contribution in [3.8, 4) is 0 Å². The van der Waals surface area contributed by atoms with E-state index in [2.05, 4.69) is 9.64 Å². The van der Waals surface area contributed by atoms with Gasteiger partial charge in [-0.2, -0.15) is 0 Å². The van der Waals surface area contributed by atoms with Crippen LogP contribution in [0.3, 0.4) is 0 Å². The van der Waals surface area contributed by atoms with Gasteiger partial charge in [0.05, 0.1) is 12.7 Å². The number of nitrogens with zero attached hydrogens (tertiary/aromatic N) is 1. The Bertz CT molecular complexity index is 481. The van der Waals surface area contributed by atoms with Gasteiger partial charge in [0.25, 0.3) is 0 Å². The number of Topliss-reactive ketones (excluding diaryl/α,β-unsaturated/α-hetero) is 1. The summed E-state index contributed by atoms with van der Waals surface area (Å²) in [4.78, 5) is 25.1. The van der Waals surface area contributed by atoms with E-state index >= 15 is 0 Å². The van der Waals surface area contributed by atoms with Crippen molar-refractivity contribution in [3.05, 3.63) is 35.4 Å². The second kappa shape index (κ2) is 6.66. The standard InChI is InChI=1S/C16H21NO3/c1-12(18)15-4-3-9-17(11-15)10-13-5-7-14(8-6-13)16(19)20-2/h5-8,15H,3-4,9-11H2,1-2H3. The smallest absolute Gasteiger partial charge is 0.337 e. The molecule has 4 nitrogen and oxygen atoms in total. The molecule has 1 heterocycles. The van der Waals surface area contributed by atoms with Crippen molar-refractivity contribution >= 4 is 11.8 Å². The Balaban J connectivity index is 1.96. The zero-order valence-corrected chi connectivity index (χ0v) is 12.1. The van der Waals surface area contributed by atoms with Crippen LogP contribution in [-0.4, -0.2) is 36.9 Å². The first kappa shape index (κ1) is 14.7. The van der Waals surface area contributed by atoms with E-state index < -0.39 is 0 Å². The molecule has 0 aliphatic carbocycles. The van der Waals surface area contributed by atoms with Crippen LogP contribution in [0, 0.1) is 5.92 Å². The summed E-state index contributed by atoms with van der Waals surface area (Å²) in [5.74, 6) is 0.153. The van der Waals surface area contributed by atoms with E-state index in [1.54, 1.807) is 19.1 Å². The topological polar surface area (TPSA) is 46.6 Å². The van der Waals surface area contributed by atoms with Gasteiger partial charge in [0.15, 0.2) is 0 Å². The molecule has 0 N–H and O–H groups in total. The predicted molar refractivity (Wildman–Crippen MR) is 76.5 cm³/mol. The van der Waals surface area contributed by atoms with Gasteiger partial charge in [-0.25, -0.2) is 4.79 Å². The lowest BCUT2D eigenvalue weighted by Crippen LogP contribution is -2.37. The van der Waals surface area contributed by atoms with Crippen LogP contribution in [0.2, 0.25) is 0 Å². The molecule has 1 aliphatic heterocycles. The molecule has 0 amide bonds. The zero-order chi connectivity index (χ0) is 14.5. The molecule has 0 aromatic heterocycles. The summed E-state index contributed by atoms with van der Waals surface area (Å²) < 4.78 is 4.68. The highest BCUT2D eigenvalue weighted by molar-refractivity contribution is 5.89. The zero-order valence-electron chi connectivity index (χ0n) is 12.1. The normalized spacial score (nSPS) is 19.6. The Hall–Kier alpha value is -1.68. The van der Waals surface area contributed by atoms with E-state index in [1.165, 1.54) is 7.11 Å². The number of ketones is 1. The summed E-state index contributed by atoms with van der Waals surface area (Å²) in [6, 6.07) is 7.47. The highest BCUT2D eigenvalue weighted by atomic mass is 16.5. The summed E-state index contributed by atoms with van der Waals surface area (Å²) in [6.45, 7) is 4.38. The van der Waals surface area contributed by atoms with Gasteiger partial charge in [0, 0.05) is 19.0 Å². The molecule has 1 atom stereocenters. The lowest BCUT2D eigenvalue weighted by molar-refractivity contribution is -0.122. The first-order valence-electron chi connectivity index (χ1n) is 7.00. The van der Waals surface area contributed by atoms with E-state index in [1.807, 2.05) is 12.1 Å². The Morgan fingerprint density at radius 3 is 2.60 bits per heavy atom. The highest BCUT2D eigenvalue weighted by Gasteiger charge is 2.22. The number of likely N-dealkylation sites (tertiary alicyclic amines) is 1. The van der Waals surface area contributed by atoms with Crippen LogP contribution < -0.4 is 0 Å². The van der Waals surface area contributed by atoms with Crippen LogP contribution in [0.25, 0.3) is 0 Å². The maximum Gasteiger partial charge on any atom is 0.337 e. The maximum absolute atomic E-state index is 11.5. The third-order valence-corrected chi connectivity index (χ3v) is 3.86. The van der Waals surface area contributed by atoms with E-state index in [4.69, 9.17) is 0 Å². The van der Waals surface area contributed by atoms with Gasteiger partial charge in [-0.05, 0) is 44.0 Å². The molecule has 1 fully saturated rings. The summed E-state index contributed by atoms with van der Waals surface area (Å²) in [7, 11) is 1.38. The molecule has 0 saturated carbocycles. The van der Waals surface area contributed by atoms with Crippen molar-refractivity contribution in [2.75, 3.05) is 20.2 Å². The van der Waals surface area contributed by atoms with Crippen molar-refractivity contribution in [2.24, 2.45) is 5.92 Å². The molecular formula is C16H21NO3. The number of carbonyl (C=O) groups is 2. The Kier molecular flexibility index (Phi) is 4.90. The van der Waals surface area contributed by atoms with Gasteiger partial charge in [-0.3, -0.25) is 9.69 Å². The second-order valence-corrected chi connectivity index (χ2v) is 5.37. The van der Waals surface area contributed by atoms with Crippen molar-refractivity contribution in [1.29, 1.82) is 0 Å². The van der Waals surface area contributed by atoms with E-state index in [0.717, 1.165) is 38.0 Å². The van der Waals surface area contributed by atoms with Crippen LogP contribution in [0.4, 0.5) is 0 Å². The third kappa shape index (κ3) is 3.67. The monoisotopic (exact) mass is 275 g/mol. The summed E-state index contributed by atoms with van der Waals surface area (Å²) in [5.41, 5.74) is 1.72. The van der Waals surface area contributed by atoms with Crippen molar-refractivity contribution < 1.29 is 14.3 Å². The fourth-order valence-electron chi connectivity index (χ4n) is 2.65. The molecule has 1 aromatic carbocycles. The average Bonchev–Trinajstić information content (AvgIpc) is 2.47. The number of esters is 1. The SMILES string of the molecule is COC(=O)c1ccc(CN2CCCC(C(C)=O)C2)cc1. The highest BCUT2D eigenvalue weighted by Crippen LogP contribution is 2.19. The number of hydrogen-bond acceptors (Lipinski definition) is 4. The molecule has 4 heteroatoms. The minimum absolute atomic E-state index is 0.179. The number of methoxy groups -OCH3 is 1. The van der Waals surface area contributed by atoms with Gasteiger partial charge in [0.2, 0.25) is 0 Å². The molecule has 1 unspecified atom stereocenters. The Morgan fingerprint density at radius 2 is 2.00 bits per heavy atom. The molecule has 0 bridgehead atoms. The molecule has 1 aromatic rings. The predicted octanol–water partition coefficient (Wildman–Crippen LogP) is 2.27. The van der Waals surface area contributed by atoms with E-state index in [9.17, 15) is 9.59 Å².